The van der Waals surface area contributed by atoms with Gasteiger partial charge >= 0.3 is 0 Å². The maximum atomic E-state index is 6.02. The van der Waals surface area contributed by atoms with Crippen molar-refractivity contribution in [2.45, 2.75) is 30.0 Å². The Bertz CT molecular complexity index is 580. The first-order valence-corrected chi connectivity index (χ1v) is 8.30. The van der Waals surface area contributed by atoms with Crippen molar-refractivity contribution in [1.29, 1.82) is 0 Å². The van der Waals surface area contributed by atoms with Crippen molar-refractivity contribution in [3.8, 4) is 0 Å². The number of piperidine rings is 1. The Hall–Kier alpha value is -1.33. The quantitative estimate of drug-likeness (QED) is 0.808. The van der Waals surface area contributed by atoms with Crippen molar-refractivity contribution < 1.29 is 0 Å². The van der Waals surface area contributed by atoms with Crippen LogP contribution in [0.1, 0.15) is 18.7 Å². The SMILES string of the molecule is Cc1nc(Cl)cc(N2CCC(Sc3ccccn3)CC2)n1. The normalized spacial score (nSPS) is 16.2. The average Bonchev–Trinajstić information content (AvgIpc) is 2.48. The summed E-state index contributed by atoms with van der Waals surface area (Å²) in [6.45, 7) is 3.87. The third kappa shape index (κ3) is 3.86. The predicted octanol–water partition coefficient (Wildman–Crippen LogP) is 3.59. The lowest BCUT2D eigenvalue weighted by atomic mass is 10.1. The van der Waals surface area contributed by atoms with Gasteiger partial charge in [-0.3, -0.25) is 0 Å². The molecule has 0 atom stereocenters. The molecular formula is C15H17ClN4S. The van der Waals surface area contributed by atoms with E-state index in [0.717, 1.165) is 42.6 Å². The van der Waals surface area contributed by atoms with Crippen LogP contribution in [0.2, 0.25) is 5.15 Å². The Morgan fingerprint density at radius 2 is 2.05 bits per heavy atom. The largest absolute Gasteiger partial charge is 0.356 e. The van der Waals surface area contributed by atoms with Crippen molar-refractivity contribution in [3.05, 3.63) is 41.4 Å². The second-order valence-corrected chi connectivity index (χ2v) is 6.78. The molecule has 1 fully saturated rings. The highest BCUT2D eigenvalue weighted by Gasteiger charge is 2.21. The molecule has 0 N–H and O–H groups in total. The lowest BCUT2D eigenvalue weighted by Crippen LogP contribution is -2.35. The van der Waals surface area contributed by atoms with Gasteiger partial charge in [-0.25, -0.2) is 15.0 Å². The van der Waals surface area contributed by atoms with Crippen LogP contribution in [-0.2, 0) is 0 Å². The van der Waals surface area contributed by atoms with Gasteiger partial charge in [0.1, 0.15) is 16.8 Å². The number of anilines is 1. The minimum absolute atomic E-state index is 0.516. The molecule has 110 valence electrons. The number of hydrogen-bond donors (Lipinski definition) is 0. The topological polar surface area (TPSA) is 41.9 Å². The summed E-state index contributed by atoms with van der Waals surface area (Å²) in [6, 6.07) is 7.91. The monoisotopic (exact) mass is 320 g/mol. The molecular weight excluding hydrogens is 304 g/mol. The minimum atomic E-state index is 0.516. The van der Waals surface area contributed by atoms with E-state index in [4.69, 9.17) is 11.6 Å². The highest BCUT2D eigenvalue weighted by molar-refractivity contribution is 7.99. The lowest BCUT2D eigenvalue weighted by molar-refractivity contribution is 0.584. The molecule has 21 heavy (non-hydrogen) atoms. The van der Waals surface area contributed by atoms with E-state index >= 15 is 0 Å². The molecule has 3 heterocycles. The number of rotatable bonds is 3. The Morgan fingerprint density at radius 1 is 1.24 bits per heavy atom. The van der Waals surface area contributed by atoms with E-state index in [1.165, 1.54) is 0 Å². The number of aromatic nitrogens is 3. The van der Waals surface area contributed by atoms with Crippen molar-refractivity contribution >= 4 is 29.2 Å². The zero-order valence-electron chi connectivity index (χ0n) is 11.9. The maximum absolute atomic E-state index is 6.02. The van der Waals surface area contributed by atoms with Gasteiger partial charge in [-0.15, -0.1) is 11.8 Å². The smallest absolute Gasteiger partial charge is 0.134 e. The van der Waals surface area contributed by atoms with Crippen LogP contribution in [0.4, 0.5) is 5.82 Å². The summed E-state index contributed by atoms with van der Waals surface area (Å²) in [4.78, 5) is 15.3. The van der Waals surface area contributed by atoms with Crippen LogP contribution in [0.5, 0.6) is 0 Å². The molecule has 4 nitrogen and oxygen atoms in total. The van der Waals surface area contributed by atoms with E-state index in [-0.39, 0.29) is 0 Å². The van der Waals surface area contributed by atoms with Gasteiger partial charge in [0.05, 0.1) is 5.03 Å². The zero-order valence-corrected chi connectivity index (χ0v) is 13.4. The first kappa shape index (κ1) is 14.6. The predicted molar refractivity (Wildman–Crippen MR) is 87.1 cm³/mol. The van der Waals surface area contributed by atoms with Gasteiger partial charge in [0, 0.05) is 30.6 Å². The molecule has 0 unspecified atom stereocenters. The molecule has 0 saturated carbocycles. The molecule has 1 aliphatic heterocycles. The average molecular weight is 321 g/mol. The van der Waals surface area contributed by atoms with E-state index in [9.17, 15) is 0 Å². The highest BCUT2D eigenvalue weighted by atomic mass is 35.5. The van der Waals surface area contributed by atoms with Crippen molar-refractivity contribution in [2.24, 2.45) is 0 Å². The molecule has 0 bridgehead atoms. The standard InChI is InChI=1S/C15H17ClN4S/c1-11-18-13(16)10-14(19-11)20-8-5-12(6-9-20)21-15-4-2-3-7-17-15/h2-4,7,10,12H,5-6,8-9H2,1H3. The summed E-state index contributed by atoms with van der Waals surface area (Å²) < 4.78 is 0. The Kier molecular flexibility index (Phi) is 4.60. The third-order valence-electron chi connectivity index (χ3n) is 3.48. The van der Waals surface area contributed by atoms with Crippen molar-refractivity contribution in [2.75, 3.05) is 18.0 Å². The molecule has 2 aromatic rings. The summed E-state index contributed by atoms with van der Waals surface area (Å²) in [5, 5.41) is 2.24. The number of pyridine rings is 1. The molecule has 2 aromatic heterocycles. The molecule has 0 aliphatic carbocycles. The number of halogens is 1. The summed E-state index contributed by atoms with van der Waals surface area (Å²) in [5.41, 5.74) is 0. The second kappa shape index (κ2) is 6.62. The summed E-state index contributed by atoms with van der Waals surface area (Å²) >= 11 is 7.89. The fourth-order valence-corrected chi connectivity index (χ4v) is 3.76. The van der Waals surface area contributed by atoms with E-state index < -0.39 is 0 Å². The van der Waals surface area contributed by atoms with Gasteiger partial charge in [0.25, 0.3) is 0 Å². The summed E-state index contributed by atoms with van der Waals surface area (Å²) in [7, 11) is 0. The van der Waals surface area contributed by atoms with E-state index in [0.29, 0.717) is 10.4 Å². The zero-order chi connectivity index (χ0) is 14.7. The van der Waals surface area contributed by atoms with Gasteiger partial charge in [-0.05, 0) is 31.9 Å². The molecule has 0 amide bonds. The number of thioether (sulfide) groups is 1. The van der Waals surface area contributed by atoms with Gasteiger partial charge in [-0.2, -0.15) is 0 Å². The van der Waals surface area contributed by atoms with Crippen LogP contribution in [0, 0.1) is 6.92 Å². The first-order valence-electron chi connectivity index (χ1n) is 7.04. The van der Waals surface area contributed by atoms with Crippen LogP contribution >= 0.6 is 23.4 Å². The summed E-state index contributed by atoms with van der Waals surface area (Å²) in [6.07, 6.45) is 4.10. The Labute approximate surface area is 134 Å². The number of hydrogen-bond acceptors (Lipinski definition) is 5. The third-order valence-corrected chi connectivity index (χ3v) is 4.97. The van der Waals surface area contributed by atoms with E-state index in [1.54, 1.807) is 0 Å². The summed E-state index contributed by atoms with van der Waals surface area (Å²) in [5.74, 6) is 1.66. The van der Waals surface area contributed by atoms with E-state index in [2.05, 4.69) is 25.9 Å². The minimum Gasteiger partial charge on any atom is -0.356 e. The van der Waals surface area contributed by atoms with Crippen LogP contribution in [0.25, 0.3) is 0 Å². The lowest BCUT2D eigenvalue weighted by Gasteiger charge is -2.32. The first-order chi connectivity index (χ1) is 10.2. The van der Waals surface area contributed by atoms with Crippen molar-refractivity contribution in [3.63, 3.8) is 0 Å². The van der Waals surface area contributed by atoms with E-state index in [1.807, 2.05) is 43.1 Å². The fourth-order valence-electron chi connectivity index (χ4n) is 2.47. The molecule has 1 saturated heterocycles. The molecule has 1 aliphatic rings. The molecule has 0 radical (unpaired) electrons. The number of nitrogens with zero attached hydrogens (tertiary/aromatic N) is 4. The fraction of sp³-hybridized carbons (Fsp3) is 0.400. The second-order valence-electron chi connectivity index (χ2n) is 5.07. The van der Waals surface area contributed by atoms with Crippen LogP contribution in [-0.4, -0.2) is 33.3 Å². The Morgan fingerprint density at radius 3 is 2.71 bits per heavy atom. The van der Waals surface area contributed by atoms with Crippen LogP contribution in [0.3, 0.4) is 0 Å². The van der Waals surface area contributed by atoms with Gasteiger partial charge in [0.15, 0.2) is 0 Å². The van der Waals surface area contributed by atoms with Gasteiger partial charge < -0.3 is 4.90 Å². The molecule has 0 aromatic carbocycles. The van der Waals surface area contributed by atoms with Crippen molar-refractivity contribution in [1.82, 2.24) is 15.0 Å². The van der Waals surface area contributed by atoms with Crippen LogP contribution in [0.15, 0.2) is 35.5 Å². The molecule has 6 heteroatoms. The molecule has 0 spiro atoms. The highest BCUT2D eigenvalue weighted by Crippen LogP contribution is 2.30. The Balaban J connectivity index is 1.60. The number of aryl methyl sites for hydroxylation is 1. The molecule has 3 rings (SSSR count). The van der Waals surface area contributed by atoms with Gasteiger partial charge in [0.2, 0.25) is 0 Å². The van der Waals surface area contributed by atoms with Gasteiger partial charge in [-0.1, -0.05) is 17.7 Å². The maximum Gasteiger partial charge on any atom is 0.134 e. The van der Waals surface area contributed by atoms with Crippen LogP contribution < -0.4 is 4.90 Å².